The first kappa shape index (κ1) is 14.7. The molecule has 0 heteroatoms. The van der Waals surface area contributed by atoms with Crippen LogP contribution in [-0.2, 0) is 0 Å². The lowest BCUT2D eigenvalue weighted by atomic mass is 10.0. The lowest BCUT2D eigenvalue weighted by Gasteiger charge is -2.02. The predicted molar refractivity (Wildman–Crippen MR) is 71.3 cm³/mol. The first-order valence-corrected chi connectivity index (χ1v) is 6.96. The van der Waals surface area contributed by atoms with E-state index in [1.54, 1.807) is 5.57 Å². The van der Waals surface area contributed by atoms with Gasteiger partial charge < -0.3 is 0 Å². The predicted octanol–water partition coefficient (Wildman–Crippen LogP) is 5.87. The molecule has 0 aromatic carbocycles. The van der Waals surface area contributed by atoms with Gasteiger partial charge in [0.2, 0.25) is 0 Å². The highest BCUT2D eigenvalue weighted by molar-refractivity contribution is 4.97. The normalized spacial score (nSPS) is 12.1. The molecule has 0 saturated carbocycles. The quantitative estimate of drug-likeness (QED) is 0.312. The highest BCUT2D eigenvalue weighted by Gasteiger charge is 1.92. The molecule has 0 fully saturated rings. The van der Waals surface area contributed by atoms with Crippen molar-refractivity contribution in [2.45, 2.75) is 85.0 Å². The molecule has 0 amide bonds. The van der Waals surface area contributed by atoms with Crippen LogP contribution in [0.5, 0.6) is 0 Å². The molecule has 0 unspecified atom stereocenters. The third-order valence-electron chi connectivity index (χ3n) is 2.96. The van der Waals surface area contributed by atoms with Crippen molar-refractivity contribution in [2.75, 3.05) is 0 Å². The van der Waals surface area contributed by atoms with Gasteiger partial charge >= 0.3 is 0 Å². The molecule has 15 heavy (non-hydrogen) atoms. The fourth-order valence-electron chi connectivity index (χ4n) is 1.85. The van der Waals surface area contributed by atoms with Gasteiger partial charge in [-0.05, 0) is 26.2 Å². The van der Waals surface area contributed by atoms with Gasteiger partial charge in [0.05, 0.1) is 0 Å². The first-order valence-electron chi connectivity index (χ1n) is 6.96. The molecule has 0 aliphatic heterocycles. The zero-order chi connectivity index (χ0) is 11.4. The van der Waals surface area contributed by atoms with Crippen LogP contribution in [0.1, 0.15) is 85.0 Å². The minimum absolute atomic E-state index is 1.27. The summed E-state index contributed by atoms with van der Waals surface area (Å²) in [4.78, 5) is 0. The number of unbranched alkanes of at least 4 members (excludes halogenated alkanes) is 7. The zero-order valence-corrected chi connectivity index (χ0v) is 11.1. The van der Waals surface area contributed by atoms with E-state index in [2.05, 4.69) is 26.8 Å². The largest absolute Gasteiger partial charge is 0.0856 e. The maximum atomic E-state index is 2.41. The molecule has 0 rings (SSSR count). The number of allylic oxidation sites excluding steroid dienone is 2. The summed E-state index contributed by atoms with van der Waals surface area (Å²) in [5.41, 5.74) is 1.60. The molecule has 0 aliphatic rings. The van der Waals surface area contributed by atoms with Gasteiger partial charge in [-0.25, -0.2) is 0 Å². The molecule has 0 bridgehead atoms. The second-order valence-corrected chi connectivity index (χ2v) is 4.71. The molecule has 0 radical (unpaired) electrons. The average molecular weight is 210 g/mol. The van der Waals surface area contributed by atoms with Crippen molar-refractivity contribution in [2.24, 2.45) is 0 Å². The molecule has 0 heterocycles. The van der Waals surface area contributed by atoms with Crippen molar-refractivity contribution in [3.63, 3.8) is 0 Å². The van der Waals surface area contributed by atoms with Crippen LogP contribution >= 0.6 is 0 Å². The minimum atomic E-state index is 1.27. The topological polar surface area (TPSA) is 0 Å². The van der Waals surface area contributed by atoms with Crippen LogP contribution in [0.2, 0.25) is 0 Å². The van der Waals surface area contributed by atoms with Gasteiger partial charge in [0.25, 0.3) is 0 Å². The van der Waals surface area contributed by atoms with E-state index in [0.29, 0.717) is 0 Å². The Labute approximate surface area is 97.2 Å². The number of rotatable bonds is 10. The summed E-state index contributed by atoms with van der Waals surface area (Å²) < 4.78 is 0. The summed E-state index contributed by atoms with van der Waals surface area (Å²) in [7, 11) is 0. The van der Waals surface area contributed by atoms with Crippen molar-refractivity contribution in [3.05, 3.63) is 11.6 Å². The Morgan fingerprint density at radius 1 is 0.800 bits per heavy atom. The van der Waals surface area contributed by atoms with E-state index in [9.17, 15) is 0 Å². The molecule has 0 N–H and O–H groups in total. The van der Waals surface area contributed by atoms with E-state index in [1.807, 2.05) is 0 Å². The Balaban J connectivity index is 3.16. The number of hydrogen-bond acceptors (Lipinski definition) is 0. The maximum Gasteiger partial charge on any atom is -0.0323 e. The second kappa shape index (κ2) is 11.8. The Kier molecular flexibility index (Phi) is 11.6. The average Bonchev–Trinajstić information content (AvgIpc) is 2.25. The van der Waals surface area contributed by atoms with Crippen LogP contribution in [0.4, 0.5) is 0 Å². The van der Waals surface area contributed by atoms with Crippen molar-refractivity contribution in [3.8, 4) is 0 Å². The van der Waals surface area contributed by atoms with E-state index in [4.69, 9.17) is 0 Å². The Bertz CT molecular complexity index is 144. The third-order valence-corrected chi connectivity index (χ3v) is 2.96. The first-order chi connectivity index (χ1) is 7.31. The van der Waals surface area contributed by atoms with Crippen molar-refractivity contribution >= 4 is 0 Å². The highest BCUT2D eigenvalue weighted by atomic mass is 14.0. The fraction of sp³-hybridized carbons (Fsp3) is 0.867. The van der Waals surface area contributed by atoms with E-state index >= 15 is 0 Å². The summed E-state index contributed by atoms with van der Waals surface area (Å²) in [5.74, 6) is 0. The molecule has 0 aromatic rings. The van der Waals surface area contributed by atoms with Gasteiger partial charge in [-0.2, -0.15) is 0 Å². The van der Waals surface area contributed by atoms with E-state index in [0.717, 1.165) is 0 Å². The molecular weight excluding hydrogens is 180 g/mol. The molecule has 0 aliphatic carbocycles. The summed E-state index contributed by atoms with van der Waals surface area (Å²) >= 11 is 0. The smallest absolute Gasteiger partial charge is 0.0323 e. The molecule has 0 spiro atoms. The molecular formula is C15H30. The third kappa shape index (κ3) is 11.7. The van der Waals surface area contributed by atoms with Crippen LogP contribution < -0.4 is 0 Å². The molecule has 0 nitrogen and oxygen atoms in total. The van der Waals surface area contributed by atoms with Crippen LogP contribution in [0.3, 0.4) is 0 Å². The Morgan fingerprint density at radius 2 is 1.40 bits per heavy atom. The summed E-state index contributed by atoms with van der Waals surface area (Å²) in [6, 6.07) is 0. The van der Waals surface area contributed by atoms with Crippen molar-refractivity contribution in [1.82, 2.24) is 0 Å². The minimum Gasteiger partial charge on any atom is -0.0856 e. The van der Waals surface area contributed by atoms with Crippen LogP contribution in [-0.4, -0.2) is 0 Å². The summed E-state index contributed by atoms with van der Waals surface area (Å²) in [6.45, 7) is 6.81. The van der Waals surface area contributed by atoms with Gasteiger partial charge in [-0.3, -0.25) is 0 Å². The Hall–Kier alpha value is -0.260. The van der Waals surface area contributed by atoms with Crippen LogP contribution in [0.25, 0.3) is 0 Å². The van der Waals surface area contributed by atoms with E-state index in [-0.39, 0.29) is 0 Å². The van der Waals surface area contributed by atoms with Crippen LogP contribution in [0, 0.1) is 0 Å². The van der Waals surface area contributed by atoms with Crippen molar-refractivity contribution in [1.29, 1.82) is 0 Å². The molecule has 0 atom stereocenters. The van der Waals surface area contributed by atoms with Gasteiger partial charge in [0.1, 0.15) is 0 Å². The molecule has 90 valence electrons. The SMILES string of the molecule is CCC/C=C(\C)CCCCCCCCC. The zero-order valence-electron chi connectivity index (χ0n) is 11.1. The van der Waals surface area contributed by atoms with Gasteiger partial charge in [-0.15, -0.1) is 0 Å². The lowest BCUT2D eigenvalue weighted by molar-refractivity contribution is 0.588. The lowest BCUT2D eigenvalue weighted by Crippen LogP contribution is -1.82. The van der Waals surface area contributed by atoms with E-state index < -0.39 is 0 Å². The molecule has 0 saturated heterocycles. The standard InChI is InChI=1S/C15H30/c1-4-6-8-9-10-11-12-14-15(3)13-7-5-2/h13H,4-12,14H2,1-3H3/b15-13+. The van der Waals surface area contributed by atoms with Gasteiger partial charge in [0.15, 0.2) is 0 Å². The monoisotopic (exact) mass is 210 g/mol. The summed E-state index contributed by atoms with van der Waals surface area (Å²) in [5, 5.41) is 0. The Morgan fingerprint density at radius 3 is 2.00 bits per heavy atom. The van der Waals surface area contributed by atoms with Crippen molar-refractivity contribution < 1.29 is 0 Å². The highest BCUT2D eigenvalue weighted by Crippen LogP contribution is 2.12. The maximum absolute atomic E-state index is 2.41. The fourth-order valence-corrected chi connectivity index (χ4v) is 1.85. The second-order valence-electron chi connectivity index (χ2n) is 4.71. The van der Waals surface area contributed by atoms with Gasteiger partial charge in [-0.1, -0.05) is 70.4 Å². The van der Waals surface area contributed by atoms with Crippen LogP contribution in [0.15, 0.2) is 11.6 Å². The van der Waals surface area contributed by atoms with Gasteiger partial charge in [0, 0.05) is 0 Å². The van der Waals surface area contributed by atoms with E-state index in [1.165, 1.54) is 64.2 Å². The molecule has 0 aromatic heterocycles. The number of hydrogen-bond donors (Lipinski definition) is 0. The summed E-state index contributed by atoms with van der Waals surface area (Å²) in [6.07, 6.45) is 16.3.